The molecule has 0 saturated carbocycles. The van der Waals surface area contributed by atoms with Gasteiger partial charge in [-0.15, -0.1) is 0 Å². The molecule has 0 amide bonds. The van der Waals surface area contributed by atoms with Gasteiger partial charge in [0, 0.05) is 25.2 Å². The van der Waals surface area contributed by atoms with Gasteiger partial charge < -0.3 is 10.1 Å². The summed E-state index contributed by atoms with van der Waals surface area (Å²) < 4.78 is 5.42. The molecule has 1 heterocycles. The number of nitrogens with one attached hydrogen (secondary N) is 1. The molecule has 1 fully saturated rings. The van der Waals surface area contributed by atoms with E-state index >= 15 is 0 Å². The monoisotopic (exact) mass is 256 g/mol. The summed E-state index contributed by atoms with van der Waals surface area (Å²) in [5, 5.41) is 3.78. The minimum atomic E-state index is 0.316. The fraction of sp³-hybridized carbons (Fsp3) is 1.00. The molecule has 1 unspecified atom stereocenters. The molecule has 1 aliphatic heterocycles. The van der Waals surface area contributed by atoms with Crippen LogP contribution in [0.3, 0.4) is 0 Å². The highest BCUT2D eigenvalue weighted by Gasteiger charge is 2.32. The van der Waals surface area contributed by atoms with Crippen LogP contribution in [0.4, 0.5) is 0 Å². The first-order chi connectivity index (χ1) is 8.71. The van der Waals surface area contributed by atoms with Crippen molar-refractivity contribution in [3.8, 4) is 0 Å². The third kappa shape index (κ3) is 4.22. The van der Waals surface area contributed by atoms with E-state index in [9.17, 15) is 0 Å². The normalized spacial score (nSPS) is 22.7. The Morgan fingerprint density at radius 1 is 1.28 bits per heavy atom. The minimum Gasteiger partial charge on any atom is -0.383 e. The SMILES string of the molecule is CCCC(COC)N1CCCNC(CC)(CC)C1. The third-order valence-corrected chi connectivity index (χ3v) is 4.48. The highest BCUT2D eigenvalue weighted by Crippen LogP contribution is 2.22. The Hall–Kier alpha value is -0.120. The van der Waals surface area contributed by atoms with Crippen LogP contribution in [0.2, 0.25) is 0 Å². The molecule has 3 nitrogen and oxygen atoms in total. The zero-order valence-electron chi connectivity index (χ0n) is 12.8. The van der Waals surface area contributed by atoms with Crippen molar-refractivity contribution >= 4 is 0 Å². The predicted octanol–water partition coefficient (Wildman–Crippen LogP) is 2.66. The Labute approximate surface area is 113 Å². The van der Waals surface area contributed by atoms with Gasteiger partial charge in [0.25, 0.3) is 0 Å². The lowest BCUT2D eigenvalue weighted by Crippen LogP contribution is -2.53. The van der Waals surface area contributed by atoms with Gasteiger partial charge in [0.15, 0.2) is 0 Å². The number of ether oxygens (including phenoxy) is 1. The Morgan fingerprint density at radius 3 is 2.56 bits per heavy atom. The lowest BCUT2D eigenvalue weighted by molar-refractivity contribution is 0.0691. The van der Waals surface area contributed by atoms with Crippen LogP contribution in [0.25, 0.3) is 0 Å². The molecule has 0 aromatic rings. The number of hydrogen-bond acceptors (Lipinski definition) is 3. The van der Waals surface area contributed by atoms with E-state index in [1.807, 2.05) is 7.11 Å². The van der Waals surface area contributed by atoms with Crippen molar-refractivity contribution in [2.45, 2.75) is 64.5 Å². The average molecular weight is 256 g/mol. The highest BCUT2D eigenvalue weighted by molar-refractivity contribution is 4.92. The first-order valence-corrected chi connectivity index (χ1v) is 7.69. The fourth-order valence-electron chi connectivity index (χ4n) is 3.09. The van der Waals surface area contributed by atoms with E-state index < -0.39 is 0 Å². The number of nitrogens with zero attached hydrogens (tertiary/aromatic N) is 1. The van der Waals surface area contributed by atoms with Gasteiger partial charge in [-0.2, -0.15) is 0 Å². The molecule has 0 aromatic carbocycles. The van der Waals surface area contributed by atoms with Crippen LogP contribution < -0.4 is 5.32 Å². The van der Waals surface area contributed by atoms with Crippen LogP contribution in [0.5, 0.6) is 0 Å². The van der Waals surface area contributed by atoms with Crippen molar-refractivity contribution in [1.29, 1.82) is 0 Å². The molecule has 0 spiro atoms. The summed E-state index contributed by atoms with van der Waals surface area (Å²) in [4.78, 5) is 2.67. The number of methoxy groups -OCH3 is 1. The van der Waals surface area contributed by atoms with Gasteiger partial charge in [0.2, 0.25) is 0 Å². The van der Waals surface area contributed by atoms with Crippen LogP contribution in [0.1, 0.15) is 52.9 Å². The summed E-state index contributed by atoms with van der Waals surface area (Å²) >= 11 is 0. The zero-order valence-corrected chi connectivity index (χ0v) is 12.8. The summed E-state index contributed by atoms with van der Waals surface area (Å²) in [5.74, 6) is 0. The van der Waals surface area contributed by atoms with E-state index in [-0.39, 0.29) is 0 Å². The second-order valence-corrected chi connectivity index (χ2v) is 5.64. The molecule has 18 heavy (non-hydrogen) atoms. The molecule has 3 heteroatoms. The summed E-state index contributed by atoms with van der Waals surface area (Å²) in [6, 6.07) is 0.595. The molecule has 1 saturated heterocycles. The van der Waals surface area contributed by atoms with Gasteiger partial charge >= 0.3 is 0 Å². The maximum atomic E-state index is 5.42. The topological polar surface area (TPSA) is 24.5 Å². The van der Waals surface area contributed by atoms with Crippen LogP contribution in [-0.2, 0) is 4.74 Å². The fourth-order valence-corrected chi connectivity index (χ4v) is 3.09. The van der Waals surface area contributed by atoms with Crippen LogP contribution in [0, 0.1) is 0 Å². The van der Waals surface area contributed by atoms with E-state index in [1.165, 1.54) is 45.2 Å². The van der Waals surface area contributed by atoms with Gasteiger partial charge in [0.05, 0.1) is 6.61 Å². The molecular weight excluding hydrogens is 224 g/mol. The Bertz CT molecular complexity index is 211. The Balaban J connectivity index is 2.71. The van der Waals surface area contributed by atoms with E-state index in [2.05, 4.69) is 31.0 Å². The second kappa shape index (κ2) is 8.13. The van der Waals surface area contributed by atoms with Crippen molar-refractivity contribution in [3.63, 3.8) is 0 Å². The van der Waals surface area contributed by atoms with Crippen LogP contribution in [-0.4, -0.2) is 49.8 Å². The highest BCUT2D eigenvalue weighted by atomic mass is 16.5. The smallest absolute Gasteiger partial charge is 0.0618 e. The van der Waals surface area contributed by atoms with Crippen molar-refractivity contribution in [1.82, 2.24) is 10.2 Å². The lowest BCUT2D eigenvalue weighted by Gasteiger charge is -2.39. The average Bonchev–Trinajstić information content (AvgIpc) is 2.61. The summed E-state index contributed by atoms with van der Waals surface area (Å²) in [6.45, 7) is 11.3. The third-order valence-electron chi connectivity index (χ3n) is 4.48. The van der Waals surface area contributed by atoms with E-state index in [1.54, 1.807) is 0 Å². The maximum Gasteiger partial charge on any atom is 0.0618 e. The van der Waals surface area contributed by atoms with E-state index in [4.69, 9.17) is 4.74 Å². The molecule has 1 N–H and O–H groups in total. The van der Waals surface area contributed by atoms with Crippen LogP contribution >= 0.6 is 0 Å². The summed E-state index contributed by atoms with van der Waals surface area (Å²) in [7, 11) is 1.83. The summed E-state index contributed by atoms with van der Waals surface area (Å²) in [5.41, 5.74) is 0.316. The Morgan fingerprint density at radius 2 is 2.00 bits per heavy atom. The molecular formula is C15H32N2O. The maximum absolute atomic E-state index is 5.42. The molecule has 0 bridgehead atoms. The molecule has 0 aromatic heterocycles. The van der Waals surface area contributed by atoms with E-state index in [0.29, 0.717) is 11.6 Å². The standard InChI is InChI=1S/C15H32N2O/c1-5-9-14(12-18-4)17-11-8-10-16-15(6-2,7-3)13-17/h14,16H,5-13H2,1-4H3. The molecule has 108 valence electrons. The summed E-state index contributed by atoms with van der Waals surface area (Å²) in [6.07, 6.45) is 6.17. The molecule has 0 aliphatic carbocycles. The van der Waals surface area contributed by atoms with Crippen LogP contribution in [0.15, 0.2) is 0 Å². The lowest BCUT2D eigenvalue weighted by atomic mass is 9.91. The van der Waals surface area contributed by atoms with Gasteiger partial charge in [-0.25, -0.2) is 0 Å². The van der Waals surface area contributed by atoms with Gasteiger partial charge in [-0.3, -0.25) is 4.90 Å². The van der Waals surface area contributed by atoms with Gasteiger partial charge in [0.1, 0.15) is 0 Å². The molecule has 0 radical (unpaired) electrons. The number of rotatable bonds is 7. The first-order valence-electron chi connectivity index (χ1n) is 7.69. The van der Waals surface area contributed by atoms with Crippen molar-refractivity contribution in [3.05, 3.63) is 0 Å². The Kier molecular flexibility index (Phi) is 7.20. The quantitative estimate of drug-likeness (QED) is 0.758. The predicted molar refractivity (Wildman–Crippen MR) is 78.1 cm³/mol. The van der Waals surface area contributed by atoms with Gasteiger partial charge in [-0.1, -0.05) is 27.2 Å². The van der Waals surface area contributed by atoms with Crippen molar-refractivity contribution < 1.29 is 4.74 Å². The molecule has 1 rings (SSSR count). The van der Waals surface area contributed by atoms with E-state index in [0.717, 1.165) is 13.2 Å². The molecule has 1 atom stereocenters. The molecule has 1 aliphatic rings. The first kappa shape index (κ1) is 15.9. The zero-order chi connectivity index (χ0) is 13.4. The number of hydrogen-bond donors (Lipinski definition) is 1. The van der Waals surface area contributed by atoms with Gasteiger partial charge in [-0.05, 0) is 38.8 Å². The largest absolute Gasteiger partial charge is 0.383 e. The second-order valence-electron chi connectivity index (χ2n) is 5.64. The minimum absolute atomic E-state index is 0.316. The van der Waals surface area contributed by atoms with Crippen molar-refractivity contribution in [2.75, 3.05) is 33.4 Å². The van der Waals surface area contributed by atoms with Crippen molar-refractivity contribution in [2.24, 2.45) is 0 Å².